The molecule has 21 heavy (non-hydrogen) atoms. The van der Waals surface area contributed by atoms with E-state index in [0.717, 1.165) is 31.4 Å². The smallest absolute Gasteiger partial charge is 0.255 e. The molecular formula is C17H25N3O. The zero-order valence-electron chi connectivity index (χ0n) is 13.2. The zero-order valence-corrected chi connectivity index (χ0v) is 13.2. The van der Waals surface area contributed by atoms with Crippen LogP contribution < -0.4 is 5.73 Å². The van der Waals surface area contributed by atoms with Crippen molar-refractivity contribution in [3.05, 3.63) is 29.6 Å². The summed E-state index contributed by atoms with van der Waals surface area (Å²) in [6.45, 7) is 7.39. The van der Waals surface area contributed by atoms with E-state index in [4.69, 9.17) is 5.73 Å². The summed E-state index contributed by atoms with van der Waals surface area (Å²) >= 11 is 0. The van der Waals surface area contributed by atoms with E-state index in [1.54, 1.807) is 18.5 Å². The van der Waals surface area contributed by atoms with E-state index in [9.17, 15) is 4.79 Å². The van der Waals surface area contributed by atoms with Gasteiger partial charge in [-0.05, 0) is 25.8 Å². The van der Waals surface area contributed by atoms with E-state index in [1.807, 2.05) is 4.90 Å². The molecule has 0 fully saturated rings. The van der Waals surface area contributed by atoms with Crippen molar-refractivity contribution in [2.24, 2.45) is 5.73 Å². The highest BCUT2D eigenvalue weighted by Crippen LogP contribution is 2.12. The van der Waals surface area contributed by atoms with Crippen LogP contribution in [-0.4, -0.2) is 34.9 Å². The van der Waals surface area contributed by atoms with Crippen molar-refractivity contribution in [1.82, 2.24) is 9.88 Å². The van der Waals surface area contributed by atoms with Crippen molar-refractivity contribution in [1.29, 1.82) is 0 Å². The van der Waals surface area contributed by atoms with Gasteiger partial charge in [-0.1, -0.05) is 32.1 Å². The molecule has 1 aromatic heterocycles. The van der Waals surface area contributed by atoms with Crippen LogP contribution in [0.3, 0.4) is 0 Å². The van der Waals surface area contributed by atoms with Gasteiger partial charge in [0.05, 0.1) is 12.1 Å². The minimum atomic E-state index is 0.0294. The Bertz CT molecular complexity index is 516. The third-order valence-electron chi connectivity index (χ3n) is 3.46. The Balaban J connectivity index is 2.97. The van der Waals surface area contributed by atoms with Crippen LogP contribution in [0.2, 0.25) is 0 Å². The molecule has 0 aliphatic carbocycles. The molecule has 2 N–H and O–H groups in total. The van der Waals surface area contributed by atoms with Gasteiger partial charge in [0.2, 0.25) is 0 Å². The van der Waals surface area contributed by atoms with Crippen molar-refractivity contribution in [2.45, 2.75) is 46.1 Å². The second-order valence-corrected chi connectivity index (χ2v) is 5.08. The minimum Gasteiger partial charge on any atom is -0.336 e. The summed E-state index contributed by atoms with van der Waals surface area (Å²) in [5.74, 6) is 5.73. The van der Waals surface area contributed by atoms with Crippen LogP contribution in [0.25, 0.3) is 0 Å². The van der Waals surface area contributed by atoms with Crippen LogP contribution in [0, 0.1) is 11.8 Å². The van der Waals surface area contributed by atoms with Gasteiger partial charge in [0.25, 0.3) is 5.91 Å². The molecule has 0 bridgehead atoms. The second-order valence-electron chi connectivity index (χ2n) is 5.08. The van der Waals surface area contributed by atoms with Crippen molar-refractivity contribution in [3.63, 3.8) is 0 Å². The quantitative estimate of drug-likeness (QED) is 0.818. The fourth-order valence-corrected chi connectivity index (χ4v) is 2.02. The maximum Gasteiger partial charge on any atom is 0.255 e. The van der Waals surface area contributed by atoms with Crippen LogP contribution >= 0.6 is 0 Å². The molecule has 0 aromatic carbocycles. The topological polar surface area (TPSA) is 59.2 Å². The lowest BCUT2D eigenvalue weighted by Gasteiger charge is -2.28. The van der Waals surface area contributed by atoms with Gasteiger partial charge in [-0.25, -0.2) is 0 Å². The average Bonchev–Trinajstić information content (AvgIpc) is 2.52. The summed E-state index contributed by atoms with van der Waals surface area (Å²) in [4.78, 5) is 18.7. The van der Waals surface area contributed by atoms with E-state index < -0.39 is 0 Å². The lowest BCUT2D eigenvalue weighted by molar-refractivity contribution is 0.0685. The van der Waals surface area contributed by atoms with Gasteiger partial charge in [-0.2, -0.15) is 0 Å². The third-order valence-corrected chi connectivity index (χ3v) is 3.46. The SMILES string of the molecule is CCCCN(C(=O)c1cncc(C#CCN)c1)C(C)CC. The molecule has 1 amide bonds. The Labute approximate surface area is 127 Å². The molecule has 1 rings (SSSR count). The predicted molar refractivity (Wildman–Crippen MR) is 85.9 cm³/mol. The van der Waals surface area contributed by atoms with Crippen molar-refractivity contribution in [2.75, 3.05) is 13.1 Å². The maximum absolute atomic E-state index is 12.7. The van der Waals surface area contributed by atoms with E-state index in [1.165, 1.54) is 0 Å². The van der Waals surface area contributed by atoms with Gasteiger partial charge >= 0.3 is 0 Å². The first-order valence-electron chi connectivity index (χ1n) is 7.58. The predicted octanol–water partition coefficient (Wildman–Crippen LogP) is 2.43. The fraction of sp³-hybridized carbons (Fsp3) is 0.529. The maximum atomic E-state index is 12.7. The van der Waals surface area contributed by atoms with Crippen LogP contribution in [0.5, 0.6) is 0 Å². The fourth-order valence-electron chi connectivity index (χ4n) is 2.02. The molecule has 1 aromatic rings. The Hall–Kier alpha value is -1.86. The highest BCUT2D eigenvalue weighted by molar-refractivity contribution is 5.94. The number of nitrogens with zero attached hydrogens (tertiary/aromatic N) is 2. The summed E-state index contributed by atoms with van der Waals surface area (Å²) < 4.78 is 0. The molecule has 4 heteroatoms. The molecule has 0 aliphatic heterocycles. The monoisotopic (exact) mass is 287 g/mol. The van der Waals surface area contributed by atoms with Gasteiger partial charge < -0.3 is 10.6 Å². The third kappa shape index (κ3) is 5.20. The highest BCUT2D eigenvalue weighted by Gasteiger charge is 2.20. The van der Waals surface area contributed by atoms with Gasteiger partial charge in [-0.15, -0.1) is 0 Å². The lowest BCUT2D eigenvalue weighted by Crippen LogP contribution is -2.39. The summed E-state index contributed by atoms with van der Waals surface area (Å²) in [5, 5.41) is 0. The summed E-state index contributed by atoms with van der Waals surface area (Å²) in [7, 11) is 0. The Morgan fingerprint density at radius 2 is 2.19 bits per heavy atom. The summed E-state index contributed by atoms with van der Waals surface area (Å²) in [6, 6.07) is 2.02. The number of hydrogen-bond acceptors (Lipinski definition) is 3. The number of hydrogen-bond donors (Lipinski definition) is 1. The van der Waals surface area contributed by atoms with Crippen molar-refractivity contribution < 1.29 is 4.79 Å². The molecule has 0 saturated heterocycles. The molecular weight excluding hydrogens is 262 g/mol. The number of aromatic nitrogens is 1. The van der Waals surface area contributed by atoms with Crippen LogP contribution in [-0.2, 0) is 0 Å². The van der Waals surface area contributed by atoms with Crippen LogP contribution in [0.15, 0.2) is 18.5 Å². The van der Waals surface area contributed by atoms with E-state index in [0.29, 0.717) is 12.1 Å². The molecule has 1 unspecified atom stereocenters. The molecule has 0 radical (unpaired) electrons. The Kier molecular flexibility index (Phi) is 7.49. The van der Waals surface area contributed by atoms with E-state index >= 15 is 0 Å². The molecule has 1 atom stereocenters. The van der Waals surface area contributed by atoms with Gasteiger partial charge in [-0.3, -0.25) is 9.78 Å². The number of nitrogens with two attached hydrogens (primary N) is 1. The van der Waals surface area contributed by atoms with Gasteiger partial charge in [0, 0.05) is 30.5 Å². The standard InChI is InChI=1S/C17H25N3O/c1-4-6-10-20(14(3)5-2)17(21)16-11-15(8-7-9-18)12-19-13-16/h11-14H,4-6,9-10,18H2,1-3H3. The van der Waals surface area contributed by atoms with Gasteiger partial charge in [0.15, 0.2) is 0 Å². The zero-order chi connectivity index (χ0) is 15.7. The molecule has 0 spiro atoms. The first-order valence-corrected chi connectivity index (χ1v) is 7.58. The number of rotatable bonds is 6. The summed E-state index contributed by atoms with van der Waals surface area (Å²) in [6.07, 6.45) is 6.28. The number of carbonyl (C=O) groups excluding carboxylic acids is 1. The number of amides is 1. The molecule has 0 aliphatic rings. The largest absolute Gasteiger partial charge is 0.336 e. The summed E-state index contributed by atoms with van der Waals surface area (Å²) in [5.41, 5.74) is 6.69. The lowest BCUT2D eigenvalue weighted by atomic mass is 10.1. The molecule has 1 heterocycles. The Morgan fingerprint density at radius 3 is 2.81 bits per heavy atom. The molecule has 4 nitrogen and oxygen atoms in total. The first kappa shape index (κ1) is 17.2. The number of pyridine rings is 1. The highest BCUT2D eigenvalue weighted by atomic mass is 16.2. The number of unbranched alkanes of at least 4 members (excludes halogenated alkanes) is 1. The van der Waals surface area contributed by atoms with E-state index in [2.05, 4.69) is 37.6 Å². The molecule has 0 saturated carbocycles. The second kappa shape index (κ2) is 9.15. The first-order chi connectivity index (χ1) is 10.1. The van der Waals surface area contributed by atoms with E-state index in [-0.39, 0.29) is 11.9 Å². The Morgan fingerprint density at radius 1 is 1.43 bits per heavy atom. The van der Waals surface area contributed by atoms with Crippen LogP contribution in [0.4, 0.5) is 0 Å². The van der Waals surface area contributed by atoms with Gasteiger partial charge in [0.1, 0.15) is 0 Å². The normalized spacial score (nSPS) is 11.4. The average molecular weight is 287 g/mol. The minimum absolute atomic E-state index is 0.0294. The number of carbonyl (C=O) groups is 1. The molecule has 114 valence electrons. The van der Waals surface area contributed by atoms with Crippen molar-refractivity contribution in [3.8, 4) is 11.8 Å². The van der Waals surface area contributed by atoms with Crippen LogP contribution in [0.1, 0.15) is 56.0 Å². The van der Waals surface area contributed by atoms with Crippen molar-refractivity contribution >= 4 is 5.91 Å².